The monoisotopic (exact) mass is 658 g/mol. The van der Waals surface area contributed by atoms with Crippen LogP contribution in [0.1, 0.15) is 0 Å². The van der Waals surface area contributed by atoms with Gasteiger partial charge in [-0.2, -0.15) is 0 Å². The topological polar surface area (TPSA) is 0 Å². The third-order valence-corrected chi connectivity index (χ3v) is 10.7. The number of benzene rings is 10. The normalized spacial score (nSPS) is 11.5. The summed E-state index contributed by atoms with van der Waals surface area (Å²) in [4.78, 5) is 0. The third-order valence-electron chi connectivity index (χ3n) is 10.7. The van der Waals surface area contributed by atoms with Crippen LogP contribution in [0.5, 0.6) is 0 Å². The van der Waals surface area contributed by atoms with E-state index in [1.807, 2.05) is 0 Å². The predicted octanol–water partition coefficient (Wildman–Crippen LogP) is 14.6. The summed E-state index contributed by atoms with van der Waals surface area (Å²) in [7, 11) is 0. The Kier molecular flexibility index (Phi) is 7.25. The van der Waals surface area contributed by atoms with Crippen molar-refractivity contribution in [3.63, 3.8) is 0 Å². The average molecular weight is 659 g/mol. The highest BCUT2D eigenvalue weighted by Crippen LogP contribution is 2.50. The van der Waals surface area contributed by atoms with Crippen LogP contribution in [0.4, 0.5) is 0 Å². The van der Waals surface area contributed by atoms with Crippen molar-refractivity contribution in [1.29, 1.82) is 0 Å². The van der Waals surface area contributed by atoms with Crippen molar-refractivity contribution in [2.75, 3.05) is 0 Å². The molecule has 0 saturated heterocycles. The first-order chi connectivity index (χ1) is 25.8. The van der Waals surface area contributed by atoms with Crippen molar-refractivity contribution < 1.29 is 0 Å². The predicted molar refractivity (Wildman–Crippen MR) is 224 cm³/mol. The molecule has 0 aliphatic rings. The SMILES string of the molecule is c1ccc(-c2cccc(-c3c4ccccc4c(-c4cccc5ccccc45)c4cccc(-c5ccccc5-c5cccc6ccccc56)c34)c2)cc1. The molecule has 0 aliphatic carbocycles. The molecule has 0 heteroatoms. The van der Waals surface area contributed by atoms with Gasteiger partial charge in [0.15, 0.2) is 0 Å². The molecule has 0 amide bonds. The molecule has 0 heterocycles. The second kappa shape index (κ2) is 12.5. The molecule has 0 atom stereocenters. The zero-order valence-corrected chi connectivity index (χ0v) is 28.6. The molecule has 0 radical (unpaired) electrons. The van der Waals surface area contributed by atoms with Gasteiger partial charge >= 0.3 is 0 Å². The minimum absolute atomic E-state index is 1.21. The molecule has 0 saturated carbocycles. The third kappa shape index (κ3) is 4.92. The minimum Gasteiger partial charge on any atom is -0.0622 e. The molecule has 10 rings (SSSR count). The van der Waals surface area contributed by atoms with Gasteiger partial charge in [-0.3, -0.25) is 0 Å². The number of fused-ring (bicyclic) bond motifs is 4. The van der Waals surface area contributed by atoms with Crippen LogP contribution in [0.2, 0.25) is 0 Å². The van der Waals surface area contributed by atoms with Gasteiger partial charge in [0.2, 0.25) is 0 Å². The van der Waals surface area contributed by atoms with E-state index in [1.165, 1.54) is 98.7 Å². The Labute approximate surface area is 303 Å². The number of rotatable bonds is 5. The van der Waals surface area contributed by atoms with Crippen molar-refractivity contribution in [2.24, 2.45) is 0 Å². The fourth-order valence-electron chi connectivity index (χ4n) is 8.38. The van der Waals surface area contributed by atoms with E-state index in [-0.39, 0.29) is 0 Å². The van der Waals surface area contributed by atoms with E-state index < -0.39 is 0 Å². The lowest BCUT2D eigenvalue weighted by Crippen LogP contribution is -1.95. The zero-order chi connectivity index (χ0) is 34.4. The molecule has 0 bridgehead atoms. The summed E-state index contributed by atoms with van der Waals surface area (Å²) in [6.45, 7) is 0. The first-order valence-electron chi connectivity index (χ1n) is 18.0. The lowest BCUT2D eigenvalue weighted by Gasteiger charge is -2.22. The summed E-state index contributed by atoms with van der Waals surface area (Å²) in [6, 6.07) is 75.6. The Bertz CT molecular complexity index is 2940. The van der Waals surface area contributed by atoms with E-state index in [0.717, 1.165) is 0 Å². The molecule has 0 fully saturated rings. The zero-order valence-electron chi connectivity index (χ0n) is 28.6. The van der Waals surface area contributed by atoms with E-state index >= 15 is 0 Å². The molecule has 0 spiro atoms. The average Bonchev–Trinajstić information content (AvgIpc) is 3.22. The lowest BCUT2D eigenvalue weighted by atomic mass is 9.81. The van der Waals surface area contributed by atoms with Gasteiger partial charge in [0, 0.05) is 0 Å². The minimum atomic E-state index is 1.21. The summed E-state index contributed by atoms with van der Waals surface area (Å²) in [5.41, 5.74) is 12.4. The molecule has 0 N–H and O–H groups in total. The summed E-state index contributed by atoms with van der Waals surface area (Å²) >= 11 is 0. The highest BCUT2D eigenvalue weighted by molar-refractivity contribution is 6.27. The van der Waals surface area contributed by atoms with Gasteiger partial charge < -0.3 is 0 Å². The highest BCUT2D eigenvalue weighted by atomic mass is 14.2. The van der Waals surface area contributed by atoms with Crippen molar-refractivity contribution >= 4 is 43.1 Å². The quantitative estimate of drug-likeness (QED) is 0.161. The van der Waals surface area contributed by atoms with Crippen molar-refractivity contribution in [2.45, 2.75) is 0 Å². The molecule has 0 unspecified atom stereocenters. The number of hydrogen-bond donors (Lipinski definition) is 0. The molecule has 242 valence electrons. The summed E-state index contributed by atoms with van der Waals surface area (Å²) in [5, 5.41) is 10.0. The van der Waals surface area contributed by atoms with Crippen LogP contribution in [-0.4, -0.2) is 0 Å². The summed E-state index contributed by atoms with van der Waals surface area (Å²) < 4.78 is 0. The smallest absolute Gasteiger partial charge is 0.00139 e. The van der Waals surface area contributed by atoms with Gasteiger partial charge in [0.1, 0.15) is 0 Å². The fourth-order valence-corrected chi connectivity index (χ4v) is 8.38. The Hall–Kier alpha value is -6.76. The van der Waals surface area contributed by atoms with Crippen LogP contribution >= 0.6 is 0 Å². The van der Waals surface area contributed by atoms with Gasteiger partial charge in [-0.25, -0.2) is 0 Å². The van der Waals surface area contributed by atoms with Gasteiger partial charge in [0.05, 0.1) is 0 Å². The van der Waals surface area contributed by atoms with Crippen molar-refractivity contribution in [3.05, 3.63) is 206 Å². The molecule has 52 heavy (non-hydrogen) atoms. The van der Waals surface area contributed by atoms with Crippen molar-refractivity contribution in [3.8, 4) is 55.6 Å². The summed E-state index contributed by atoms with van der Waals surface area (Å²) in [6.07, 6.45) is 0. The summed E-state index contributed by atoms with van der Waals surface area (Å²) in [5.74, 6) is 0. The van der Waals surface area contributed by atoms with Crippen LogP contribution in [-0.2, 0) is 0 Å². The van der Waals surface area contributed by atoms with E-state index in [2.05, 4.69) is 206 Å². The molecule has 0 nitrogen and oxygen atoms in total. The molecular formula is C52H34. The van der Waals surface area contributed by atoms with E-state index in [1.54, 1.807) is 0 Å². The second-order valence-electron chi connectivity index (χ2n) is 13.6. The highest BCUT2D eigenvalue weighted by Gasteiger charge is 2.22. The largest absolute Gasteiger partial charge is 0.0622 e. The van der Waals surface area contributed by atoms with E-state index in [0.29, 0.717) is 0 Å². The van der Waals surface area contributed by atoms with Gasteiger partial charge in [0.25, 0.3) is 0 Å². The number of hydrogen-bond acceptors (Lipinski definition) is 0. The fraction of sp³-hybridized carbons (Fsp3) is 0. The lowest BCUT2D eigenvalue weighted by molar-refractivity contribution is 1.60. The molecule has 10 aromatic carbocycles. The first kappa shape index (κ1) is 30.1. The maximum absolute atomic E-state index is 2.38. The van der Waals surface area contributed by atoms with Crippen molar-refractivity contribution in [1.82, 2.24) is 0 Å². The molecule has 0 aliphatic heterocycles. The van der Waals surface area contributed by atoms with Gasteiger partial charge in [-0.05, 0) is 105 Å². The van der Waals surface area contributed by atoms with Crippen LogP contribution in [0.15, 0.2) is 206 Å². The maximum atomic E-state index is 2.38. The van der Waals surface area contributed by atoms with E-state index in [9.17, 15) is 0 Å². The van der Waals surface area contributed by atoms with Gasteiger partial charge in [-0.1, -0.05) is 200 Å². The molecule has 0 aromatic heterocycles. The van der Waals surface area contributed by atoms with Crippen LogP contribution < -0.4 is 0 Å². The van der Waals surface area contributed by atoms with Crippen LogP contribution in [0, 0.1) is 0 Å². The maximum Gasteiger partial charge on any atom is -0.00139 e. The Morgan fingerprint density at radius 2 is 0.635 bits per heavy atom. The standard InChI is InChI=1S/C52H34/c1-2-16-35(17-3-1)38-22-12-23-39(34-38)50-47-28-10-11-29-48(47)51(45-31-14-21-37-19-5-7-25-41(37)45)49-33-15-32-46(52(49)50)44-27-9-8-26-43(44)42-30-13-20-36-18-4-6-24-40(36)42/h1-34H. The van der Waals surface area contributed by atoms with Gasteiger partial charge in [-0.15, -0.1) is 0 Å². The molecular weight excluding hydrogens is 625 g/mol. The Balaban J connectivity index is 1.37. The van der Waals surface area contributed by atoms with Crippen LogP contribution in [0.25, 0.3) is 98.7 Å². The molecule has 10 aromatic rings. The second-order valence-corrected chi connectivity index (χ2v) is 13.6. The Morgan fingerprint density at radius 3 is 1.37 bits per heavy atom. The van der Waals surface area contributed by atoms with E-state index in [4.69, 9.17) is 0 Å². The van der Waals surface area contributed by atoms with Crippen LogP contribution in [0.3, 0.4) is 0 Å². The Morgan fingerprint density at radius 1 is 0.212 bits per heavy atom. The first-order valence-corrected chi connectivity index (χ1v) is 18.0.